The van der Waals surface area contributed by atoms with Crippen LogP contribution in [0.3, 0.4) is 0 Å². The average Bonchev–Trinajstić information content (AvgIpc) is 2.70. The van der Waals surface area contributed by atoms with Crippen molar-refractivity contribution in [3.05, 3.63) is 47.2 Å². The molecule has 3 rings (SSSR count). The van der Waals surface area contributed by atoms with Gasteiger partial charge in [-0.05, 0) is 36.1 Å². The molecule has 0 saturated carbocycles. The maximum Gasteiger partial charge on any atom is 0.211 e. The molecule has 2 heterocycles. The fourth-order valence-corrected chi connectivity index (χ4v) is 2.97. The van der Waals surface area contributed by atoms with Crippen LogP contribution in [0.15, 0.2) is 35.5 Å². The van der Waals surface area contributed by atoms with Gasteiger partial charge < -0.3 is 11.1 Å². The summed E-state index contributed by atoms with van der Waals surface area (Å²) in [7, 11) is 0. The molecule has 0 aromatic heterocycles. The van der Waals surface area contributed by atoms with Gasteiger partial charge in [0.25, 0.3) is 0 Å². The van der Waals surface area contributed by atoms with Gasteiger partial charge in [-0.3, -0.25) is 10.6 Å². The highest BCUT2D eigenvalue weighted by Gasteiger charge is 2.28. The molecule has 0 saturated heterocycles. The fourth-order valence-electron chi connectivity index (χ4n) is 2.97. The highest BCUT2D eigenvalue weighted by molar-refractivity contribution is 5.92. The molecule has 0 aliphatic carbocycles. The summed E-state index contributed by atoms with van der Waals surface area (Å²) in [6, 6.07) is 6.31. The van der Waals surface area contributed by atoms with Gasteiger partial charge in [0.1, 0.15) is 5.84 Å². The van der Waals surface area contributed by atoms with Crippen LogP contribution >= 0.6 is 0 Å². The first-order valence-electron chi connectivity index (χ1n) is 7.47. The molecule has 0 fully saturated rings. The summed E-state index contributed by atoms with van der Waals surface area (Å²) in [5, 5.41) is 3.09. The van der Waals surface area contributed by atoms with Crippen LogP contribution in [0.1, 0.15) is 16.7 Å². The van der Waals surface area contributed by atoms with E-state index in [2.05, 4.69) is 33.3 Å². The first-order valence-corrected chi connectivity index (χ1v) is 7.47. The van der Waals surface area contributed by atoms with Crippen LogP contribution < -0.4 is 16.8 Å². The number of fused-ring (bicyclic) bond motifs is 1. The van der Waals surface area contributed by atoms with Gasteiger partial charge in [-0.25, -0.2) is 4.99 Å². The Hall–Kier alpha value is -2.29. The van der Waals surface area contributed by atoms with E-state index in [-0.39, 0.29) is 0 Å². The number of aliphatic imine (C=N–C) groups is 1. The van der Waals surface area contributed by atoms with Gasteiger partial charge >= 0.3 is 0 Å². The highest BCUT2D eigenvalue weighted by atomic mass is 15.3. The second kappa shape index (κ2) is 5.84. The third kappa shape index (κ3) is 2.84. The van der Waals surface area contributed by atoms with E-state index >= 15 is 0 Å². The van der Waals surface area contributed by atoms with Crippen LogP contribution in [0.25, 0.3) is 0 Å². The lowest BCUT2D eigenvalue weighted by Gasteiger charge is -2.29. The van der Waals surface area contributed by atoms with Crippen LogP contribution in [-0.2, 0) is 18.6 Å². The maximum atomic E-state index is 6.35. The van der Waals surface area contributed by atoms with E-state index in [0.29, 0.717) is 12.4 Å². The van der Waals surface area contributed by atoms with Crippen LogP contribution in [0.4, 0.5) is 0 Å². The lowest BCUT2D eigenvalue weighted by atomic mass is 9.97. The fraction of sp³-hybridized carbons (Fsp3) is 0.353. The van der Waals surface area contributed by atoms with E-state index in [1.165, 1.54) is 11.1 Å². The zero-order valence-electron chi connectivity index (χ0n) is 12.5. The molecule has 22 heavy (non-hydrogen) atoms. The molecule has 2 aliphatic heterocycles. The number of nitrogens with two attached hydrogens (primary N) is 2. The summed E-state index contributed by atoms with van der Waals surface area (Å²) in [5.41, 5.74) is 15.7. The Bertz CT molecular complexity index is 670. The predicted molar refractivity (Wildman–Crippen MR) is 88.9 cm³/mol. The van der Waals surface area contributed by atoms with Crippen molar-refractivity contribution >= 4 is 5.84 Å². The Labute approximate surface area is 131 Å². The molecule has 0 radical (unpaired) electrons. The smallest absolute Gasteiger partial charge is 0.211 e. The lowest BCUT2D eigenvalue weighted by Crippen LogP contribution is -2.49. The molecule has 0 amide bonds. The Kier molecular flexibility index (Phi) is 3.88. The van der Waals surface area contributed by atoms with Gasteiger partial charge in [-0.2, -0.15) is 0 Å². The SMILES string of the molecule is C#CCN1CCc2ccc(C3(N)N=C(N)C=CN3)cc2CC1. The molecule has 0 spiro atoms. The van der Waals surface area contributed by atoms with Crippen molar-refractivity contribution in [2.24, 2.45) is 16.5 Å². The van der Waals surface area contributed by atoms with Gasteiger partial charge in [0.15, 0.2) is 0 Å². The van der Waals surface area contributed by atoms with Crippen LogP contribution in [0.5, 0.6) is 0 Å². The highest BCUT2D eigenvalue weighted by Crippen LogP contribution is 2.24. The van der Waals surface area contributed by atoms with E-state index in [1.54, 1.807) is 12.3 Å². The minimum absolute atomic E-state index is 0.427. The van der Waals surface area contributed by atoms with Crippen molar-refractivity contribution in [1.29, 1.82) is 0 Å². The molecule has 2 aliphatic rings. The number of hydrogen-bond donors (Lipinski definition) is 3. The summed E-state index contributed by atoms with van der Waals surface area (Å²) in [6.45, 7) is 2.67. The Balaban J connectivity index is 1.87. The van der Waals surface area contributed by atoms with Gasteiger partial charge in [0, 0.05) is 24.9 Å². The minimum atomic E-state index is -0.987. The average molecular weight is 295 g/mol. The van der Waals surface area contributed by atoms with Crippen LogP contribution in [0, 0.1) is 12.3 Å². The number of amidine groups is 1. The number of nitrogens with zero attached hydrogens (tertiary/aromatic N) is 2. The van der Waals surface area contributed by atoms with Gasteiger partial charge in [0.05, 0.1) is 6.54 Å². The summed E-state index contributed by atoms with van der Waals surface area (Å²) in [5.74, 6) is 2.16. The molecular weight excluding hydrogens is 274 g/mol. The number of hydrogen-bond acceptors (Lipinski definition) is 5. The number of rotatable bonds is 2. The minimum Gasteiger partial charge on any atom is -0.384 e. The van der Waals surface area contributed by atoms with Crippen molar-refractivity contribution in [3.63, 3.8) is 0 Å². The molecule has 0 bridgehead atoms. The third-order valence-electron chi connectivity index (χ3n) is 4.22. The lowest BCUT2D eigenvalue weighted by molar-refractivity contribution is 0.323. The summed E-state index contributed by atoms with van der Waals surface area (Å²) in [6.07, 6.45) is 10.8. The Morgan fingerprint density at radius 2 is 2.09 bits per heavy atom. The van der Waals surface area contributed by atoms with Crippen molar-refractivity contribution < 1.29 is 0 Å². The normalized spacial score (nSPS) is 24.6. The zero-order valence-corrected chi connectivity index (χ0v) is 12.5. The largest absolute Gasteiger partial charge is 0.384 e. The number of terminal acetylenes is 1. The summed E-state index contributed by atoms with van der Waals surface area (Å²) < 4.78 is 0. The maximum absolute atomic E-state index is 6.35. The molecular formula is C17H21N5. The zero-order chi connectivity index (χ0) is 15.6. The van der Waals surface area contributed by atoms with Gasteiger partial charge in [-0.1, -0.05) is 18.1 Å². The second-order valence-electron chi connectivity index (χ2n) is 5.74. The molecule has 5 nitrogen and oxygen atoms in total. The van der Waals surface area contributed by atoms with E-state index in [4.69, 9.17) is 17.9 Å². The molecule has 1 aromatic carbocycles. The first-order chi connectivity index (χ1) is 10.6. The van der Waals surface area contributed by atoms with E-state index in [1.807, 2.05) is 6.07 Å². The first kappa shape index (κ1) is 14.6. The van der Waals surface area contributed by atoms with E-state index in [0.717, 1.165) is 31.5 Å². The quantitative estimate of drug-likeness (QED) is 0.684. The van der Waals surface area contributed by atoms with Crippen molar-refractivity contribution in [2.75, 3.05) is 19.6 Å². The van der Waals surface area contributed by atoms with Crippen LogP contribution in [0.2, 0.25) is 0 Å². The number of nitrogens with one attached hydrogen (secondary N) is 1. The van der Waals surface area contributed by atoms with E-state index < -0.39 is 5.79 Å². The monoisotopic (exact) mass is 295 g/mol. The van der Waals surface area contributed by atoms with Crippen molar-refractivity contribution in [2.45, 2.75) is 18.6 Å². The van der Waals surface area contributed by atoms with Gasteiger partial charge in [-0.15, -0.1) is 6.42 Å². The molecule has 1 aromatic rings. The van der Waals surface area contributed by atoms with Crippen molar-refractivity contribution in [3.8, 4) is 12.3 Å². The topological polar surface area (TPSA) is 79.7 Å². The molecule has 114 valence electrons. The molecule has 5 heteroatoms. The van der Waals surface area contributed by atoms with E-state index in [9.17, 15) is 0 Å². The second-order valence-corrected chi connectivity index (χ2v) is 5.74. The molecule has 1 atom stereocenters. The van der Waals surface area contributed by atoms with Gasteiger partial charge in [0.2, 0.25) is 5.79 Å². The molecule has 5 N–H and O–H groups in total. The van der Waals surface area contributed by atoms with Crippen molar-refractivity contribution in [1.82, 2.24) is 10.2 Å². The molecule has 1 unspecified atom stereocenters. The Morgan fingerprint density at radius 1 is 1.32 bits per heavy atom. The Morgan fingerprint density at radius 3 is 2.82 bits per heavy atom. The number of benzene rings is 1. The predicted octanol–water partition coefficient (Wildman–Crippen LogP) is 0.264. The summed E-state index contributed by atoms with van der Waals surface area (Å²) >= 11 is 0. The summed E-state index contributed by atoms with van der Waals surface area (Å²) in [4.78, 5) is 6.64. The van der Waals surface area contributed by atoms with Crippen LogP contribution in [-0.4, -0.2) is 30.4 Å². The third-order valence-corrected chi connectivity index (χ3v) is 4.22. The standard InChI is InChI=1S/C17H21N5/c1-2-9-22-10-6-13-3-4-15(12-14(13)7-11-22)17(19)20-8-5-16(18)21-17/h1,3-5,8,12,20H,6-7,9-11,19H2,(H2,18,21).